The third-order valence-corrected chi connectivity index (χ3v) is 6.52. The van der Waals surface area contributed by atoms with Gasteiger partial charge in [0.05, 0.1) is 0 Å². The molecule has 20 heavy (non-hydrogen) atoms. The topological polar surface area (TPSA) is 27.7 Å². The predicted molar refractivity (Wildman–Crippen MR) is 88.0 cm³/mol. The standard InChI is InChI=1S/C16H36O3Si/c1-7-17-20(9-3,18-8-2)19-16(6)14-12-10-11-13-15(4)5/h15-16H,7-14H2,1-6H3. The monoisotopic (exact) mass is 304 g/mol. The van der Waals surface area contributed by atoms with Gasteiger partial charge in [0.15, 0.2) is 0 Å². The van der Waals surface area contributed by atoms with E-state index in [0.717, 1.165) is 18.4 Å². The maximum Gasteiger partial charge on any atom is 0.500 e. The molecule has 0 fully saturated rings. The second kappa shape index (κ2) is 11.7. The van der Waals surface area contributed by atoms with Crippen molar-refractivity contribution in [3.63, 3.8) is 0 Å². The zero-order valence-corrected chi connectivity index (χ0v) is 15.5. The van der Waals surface area contributed by atoms with Crippen molar-refractivity contribution in [2.24, 2.45) is 5.92 Å². The van der Waals surface area contributed by atoms with Crippen molar-refractivity contribution in [2.45, 2.75) is 85.8 Å². The van der Waals surface area contributed by atoms with Crippen molar-refractivity contribution in [1.82, 2.24) is 0 Å². The minimum absolute atomic E-state index is 0.235. The van der Waals surface area contributed by atoms with Crippen LogP contribution >= 0.6 is 0 Å². The molecular formula is C16H36O3Si. The van der Waals surface area contributed by atoms with Crippen molar-refractivity contribution < 1.29 is 13.3 Å². The molecular weight excluding hydrogens is 268 g/mol. The molecule has 1 unspecified atom stereocenters. The van der Waals surface area contributed by atoms with Gasteiger partial charge in [0, 0.05) is 25.4 Å². The Morgan fingerprint density at radius 3 is 1.80 bits per heavy atom. The van der Waals surface area contributed by atoms with E-state index >= 15 is 0 Å². The highest BCUT2D eigenvalue weighted by Gasteiger charge is 2.39. The highest BCUT2D eigenvalue weighted by Crippen LogP contribution is 2.20. The maximum atomic E-state index is 6.19. The minimum atomic E-state index is -2.42. The summed E-state index contributed by atoms with van der Waals surface area (Å²) in [5.74, 6) is 0.819. The van der Waals surface area contributed by atoms with E-state index in [1.807, 2.05) is 13.8 Å². The molecule has 0 N–H and O–H groups in total. The maximum absolute atomic E-state index is 6.19. The highest BCUT2D eigenvalue weighted by molar-refractivity contribution is 6.60. The summed E-state index contributed by atoms with van der Waals surface area (Å²) in [6.07, 6.45) is 6.54. The van der Waals surface area contributed by atoms with Gasteiger partial charge in [-0.1, -0.05) is 46.5 Å². The lowest BCUT2D eigenvalue weighted by atomic mass is 10.0. The fourth-order valence-corrected chi connectivity index (χ4v) is 4.77. The quantitative estimate of drug-likeness (QED) is 0.353. The van der Waals surface area contributed by atoms with Gasteiger partial charge in [-0.3, -0.25) is 0 Å². The molecule has 4 heteroatoms. The molecule has 0 aromatic rings. The summed E-state index contributed by atoms with van der Waals surface area (Å²) in [6, 6.07) is 0.854. The van der Waals surface area contributed by atoms with Crippen LogP contribution in [0.4, 0.5) is 0 Å². The largest absolute Gasteiger partial charge is 0.500 e. The Hall–Kier alpha value is 0.0969. The molecule has 0 heterocycles. The first-order chi connectivity index (χ1) is 9.49. The number of rotatable bonds is 13. The molecule has 0 radical (unpaired) electrons. The Bertz CT molecular complexity index is 216. The predicted octanol–water partition coefficient (Wildman–Crippen LogP) is 5.03. The van der Waals surface area contributed by atoms with Crippen LogP contribution in [0.1, 0.15) is 73.6 Å². The SMILES string of the molecule is CCO[Si](CC)(OCC)OC(C)CCCCCC(C)C. The van der Waals surface area contributed by atoms with E-state index in [2.05, 4.69) is 27.7 Å². The van der Waals surface area contributed by atoms with Crippen LogP contribution in [0.3, 0.4) is 0 Å². The summed E-state index contributed by atoms with van der Waals surface area (Å²) >= 11 is 0. The normalized spacial score (nSPS) is 13.9. The Kier molecular flexibility index (Phi) is 11.8. The lowest BCUT2D eigenvalue weighted by Crippen LogP contribution is -2.47. The summed E-state index contributed by atoms with van der Waals surface area (Å²) in [6.45, 7) is 14.2. The minimum Gasteiger partial charge on any atom is -0.374 e. The van der Waals surface area contributed by atoms with Crippen LogP contribution < -0.4 is 0 Å². The van der Waals surface area contributed by atoms with E-state index in [-0.39, 0.29) is 6.10 Å². The van der Waals surface area contributed by atoms with E-state index in [9.17, 15) is 0 Å². The van der Waals surface area contributed by atoms with Gasteiger partial charge in [-0.15, -0.1) is 0 Å². The molecule has 0 rings (SSSR count). The van der Waals surface area contributed by atoms with Gasteiger partial charge < -0.3 is 13.3 Å². The smallest absolute Gasteiger partial charge is 0.374 e. The van der Waals surface area contributed by atoms with E-state index in [0.29, 0.717) is 13.2 Å². The molecule has 0 aromatic carbocycles. The lowest BCUT2D eigenvalue weighted by Gasteiger charge is -2.30. The van der Waals surface area contributed by atoms with Crippen molar-refractivity contribution in [3.8, 4) is 0 Å². The number of hydrogen-bond acceptors (Lipinski definition) is 3. The molecule has 1 atom stereocenters. The molecule has 0 saturated heterocycles. The number of hydrogen-bond donors (Lipinski definition) is 0. The van der Waals surface area contributed by atoms with Crippen molar-refractivity contribution in [3.05, 3.63) is 0 Å². The fraction of sp³-hybridized carbons (Fsp3) is 1.00. The summed E-state index contributed by atoms with van der Waals surface area (Å²) in [7, 11) is -2.42. The zero-order valence-electron chi connectivity index (χ0n) is 14.5. The van der Waals surface area contributed by atoms with Crippen LogP contribution in [0.5, 0.6) is 0 Å². The van der Waals surface area contributed by atoms with Gasteiger partial charge in [-0.25, -0.2) is 0 Å². The van der Waals surface area contributed by atoms with Crippen molar-refractivity contribution in [1.29, 1.82) is 0 Å². The van der Waals surface area contributed by atoms with Gasteiger partial charge >= 0.3 is 8.80 Å². The summed E-state index contributed by atoms with van der Waals surface area (Å²) < 4.78 is 17.9. The highest BCUT2D eigenvalue weighted by atomic mass is 28.4. The first-order valence-corrected chi connectivity index (χ1v) is 10.4. The van der Waals surface area contributed by atoms with Gasteiger partial charge in [-0.05, 0) is 33.1 Å². The Balaban J connectivity index is 4.02. The van der Waals surface area contributed by atoms with Crippen LogP contribution in [0.15, 0.2) is 0 Å². The van der Waals surface area contributed by atoms with E-state index in [4.69, 9.17) is 13.3 Å². The van der Waals surface area contributed by atoms with Crippen LogP contribution in [-0.4, -0.2) is 28.1 Å². The summed E-state index contributed by atoms with van der Waals surface area (Å²) in [5.41, 5.74) is 0. The third kappa shape index (κ3) is 9.11. The molecule has 0 saturated carbocycles. The lowest BCUT2D eigenvalue weighted by molar-refractivity contribution is 0.0358. The second-order valence-electron chi connectivity index (χ2n) is 5.86. The Morgan fingerprint density at radius 1 is 0.800 bits per heavy atom. The van der Waals surface area contributed by atoms with Crippen LogP contribution in [0, 0.1) is 5.92 Å². The van der Waals surface area contributed by atoms with Crippen LogP contribution in [0.25, 0.3) is 0 Å². The molecule has 0 aromatic heterocycles. The van der Waals surface area contributed by atoms with Crippen molar-refractivity contribution >= 4 is 8.80 Å². The van der Waals surface area contributed by atoms with Gasteiger partial charge in [0.2, 0.25) is 0 Å². The molecule has 0 spiro atoms. The molecule has 0 aliphatic rings. The average Bonchev–Trinajstić information content (AvgIpc) is 2.38. The molecule has 0 bridgehead atoms. The van der Waals surface area contributed by atoms with Gasteiger partial charge in [0.1, 0.15) is 0 Å². The van der Waals surface area contributed by atoms with Crippen LogP contribution in [-0.2, 0) is 13.3 Å². The van der Waals surface area contributed by atoms with E-state index < -0.39 is 8.80 Å². The molecule has 3 nitrogen and oxygen atoms in total. The molecule has 0 aliphatic carbocycles. The average molecular weight is 305 g/mol. The van der Waals surface area contributed by atoms with E-state index in [1.54, 1.807) is 0 Å². The molecule has 0 amide bonds. The van der Waals surface area contributed by atoms with Gasteiger partial charge in [0.25, 0.3) is 0 Å². The first-order valence-electron chi connectivity index (χ1n) is 8.45. The Morgan fingerprint density at radius 2 is 1.35 bits per heavy atom. The second-order valence-corrected chi connectivity index (χ2v) is 8.75. The Labute approximate surface area is 127 Å². The first kappa shape index (κ1) is 20.1. The van der Waals surface area contributed by atoms with Gasteiger partial charge in [-0.2, -0.15) is 0 Å². The third-order valence-electron chi connectivity index (χ3n) is 3.43. The fourth-order valence-electron chi connectivity index (χ4n) is 2.36. The molecule has 122 valence electrons. The van der Waals surface area contributed by atoms with Crippen LogP contribution in [0.2, 0.25) is 6.04 Å². The van der Waals surface area contributed by atoms with E-state index in [1.165, 1.54) is 25.7 Å². The molecule has 0 aliphatic heterocycles. The van der Waals surface area contributed by atoms with Crippen molar-refractivity contribution in [2.75, 3.05) is 13.2 Å². The number of unbranched alkanes of at least 4 members (excludes halogenated alkanes) is 2. The zero-order chi connectivity index (χ0) is 15.4. The summed E-state index contributed by atoms with van der Waals surface area (Å²) in [5, 5.41) is 0. The summed E-state index contributed by atoms with van der Waals surface area (Å²) in [4.78, 5) is 0.